The van der Waals surface area contributed by atoms with E-state index in [0.29, 0.717) is 115 Å². The molecule has 0 spiro atoms. The molecule has 0 aliphatic carbocycles. The lowest BCUT2D eigenvalue weighted by Gasteiger charge is -2.35. The Labute approximate surface area is 570 Å². The van der Waals surface area contributed by atoms with Crippen molar-refractivity contribution >= 4 is 47.8 Å². The van der Waals surface area contributed by atoms with Crippen molar-refractivity contribution in [3.8, 4) is 0 Å². The van der Waals surface area contributed by atoms with E-state index in [1.807, 2.05) is 0 Å². The zero-order chi connectivity index (χ0) is 69.1. The van der Waals surface area contributed by atoms with Crippen LogP contribution < -0.4 is 0 Å². The number of ether oxygens (including phenoxy) is 8. The van der Waals surface area contributed by atoms with Gasteiger partial charge in [0.1, 0.15) is 0 Å². The summed E-state index contributed by atoms with van der Waals surface area (Å²) in [5, 5.41) is 0. The summed E-state index contributed by atoms with van der Waals surface area (Å²) in [7, 11) is 0. The maximum Gasteiger partial charge on any atom is 0.307 e. The van der Waals surface area contributed by atoms with Crippen molar-refractivity contribution in [1.29, 1.82) is 0 Å². The van der Waals surface area contributed by atoms with Crippen LogP contribution in [0.1, 0.15) is 274 Å². The van der Waals surface area contributed by atoms with E-state index in [-0.39, 0.29) is 126 Å². The van der Waals surface area contributed by atoms with Crippen LogP contribution in [0.15, 0.2) is 0 Å². The van der Waals surface area contributed by atoms with Gasteiger partial charge >= 0.3 is 47.8 Å². The number of hydrogen-bond acceptors (Lipinski definition) is 20. The third-order valence-electron chi connectivity index (χ3n) is 17.6. The molecule has 0 aromatic heterocycles. The number of unbranched alkanes of at least 4 members (excludes halogenated alkanes) is 4. The second kappa shape index (κ2) is 61.0. The van der Waals surface area contributed by atoms with Crippen molar-refractivity contribution in [2.75, 3.05) is 131 Å². The molecule has 4 atom stereocenters. The van der Waals surface area contributed by atoms with Crippen LogP contribution in [0.3, 0.4) is 0 Å². The molecule has 0 bridgehead atoms. The van der Waals surface area contributed by atoms with Gasteiger partial charge in [0.25, 0.3) is 0 Å². The Morgan fingerprint density at radius 1 is 0.266 bits per heavy atom. The van der Waals surface area contributed by atoms with Gasteiger partial charge in [-0.2, -0.15) is 0 Å². The number of rotatable bonds is 64. The Morgan fingerprint density at radius 2 is 0.489 bits per heavy atom. The molecule has 0 aromatic carbocycles. The van der Waals surface area contributed by atoms with Gasteiger partial charge in [-0.3, -0.25) is 38.4 Å². The van der Waals surface area contributed by atoms with Crippen LogP contribution >= 0.6 is 0 Å². The SMILES string of the molecule is CCCCC(CCC)COC(=O)CCCOC(=O)CCN(CCCN1CCN(CCCN(CCC(=O)OCCCC(=O)OCC(CCC)CCCC)CCC(=O)OCCCC(=O)OCC(CCC)CCCC)CC1)CCC(=O)OCCCC(=O)OCC(CCC)CCCC. The fourth-order valence-corrected chi connectivity index (χ4v) is 11.8. The highest BCUT2D eigenvalue weighted by molar-refractivity contribution is 5.72. The summed E-state index contributed by atoms with van der Waals surface area (Å²) < 4.78 is 44.4. The van der Waals surface area contributed by atoms with Crippen molar-refractivity contribution in [3.63, 3.8) is 0 Å². The fraction of sp³-hybridized carbons (Fsp3) is 0.892. The lowest BCUT2D eigenvalue weighted by atomic mass is 9.98. The highest BCUT2D eigenvalue weighted by Crippen LogP contribution is 2.20. The minimum absolute atomic E-state index is 0.126. The van der Waals surface area contributed by atoms with Crippen molar-refractivity contribution in [2.24, 2.45) is 23.7 Å². The summed E-state index contributed by atoms with van der Waals surface area (Å²) in [5.74, 6) is -1.04. The summed E-state index contributed by atoms with van der Waals surface area (Å²) >= 11 is 0. The Hall–Kier alpha value is -4.40. The first-order chi connectivity index (χ1) is 45.6. The maximum atomic E-state index is 13.0. The van der Waals surface area contributed by atoms with Crippen molar-refractivity contribution in [2.45, 2.75) is 274 Å². The molecule has 20 heteroatoms. The van der Waals surface area contributed by atoms with Gasteiger partial charge in [-0.15, -0.1) is 0 Å². The zero-order valence-corrected chi connectivity index (χ0v) is 60.8. The number of hydrogen-bond donors (Lipinski definition) is 0. The minimum atomic E-state index is -0.363. The Bertz CT molecular complexity index is 1690. The lowest BCUT2D eigenvalue weighted by Crippen LogP contribution is -2.47. The van der Waals surface area contributed by atoms with Gasteiger partial charge in [-0.1, -0.05) is 132 Å². The maximum absolute atomic E-state index is 13.0. The molecular weight excluding hydrogens is 1200 g/mol. The molecule has 0 aromatic rings. The molecule has 4 unspecified atom stereocenters. The van der Waals surface area contributed by atoms with Gasteiger partial charge in [0.2, 0.25) is 0 Å². The first kappa shape index (κ1) is 87.6. The molecule has 1 rings (SSSR count). The molecule has 548 valence electrons. The van der Waals surface area contributed by atoms with Gasteiger partial charge in [-0.05, 0) is 140 Å². The van der Waals surface area contributed by atoms with Crippen LogP contribution in [-0.4, -0.2) is 199 Å². The normalized spacial score (nSPS) is 14.1. The third kappa shape index (κ3) is 50.9. The number of nitrogens with zero attached hydrogens (tertiary/aromatic N) is 4. The second-order valence-corrected chi connectivity index (χ2v) is 26.3. The molecule has 1 fully saturated rings. The van der Waals surface area contributed by atoms with E-state index >= 15 is 0 Å². The van der Waals surface area contributed by atoms with Crippen LogP contribution in [0, 0.1) is 23.7 Å². The van der Waals surface area contributed by atoms with Gasteiger partial charge in [0.05, 0.1) is 78.5 Å². The molecule has 20 nitrogen and oxygen atoms in total. The molecule has 1 aliphatic heterocycles. The summed E-state index contributed by atoms with van der Waals surface area (Å²) in [5.41, 5.74) is 0. The fourth-order valence-electron chi connectivity index (χ4n) is 11.8. The highest BCUT2D eigenvalue weighted by atomic mass is 16.6. The van der Waals surface area contributed by atoms with E-state index in [0.717, 1.165) is 181 Å². The molecule has 1 heterocycles. The van der Waals surface area contributed by atoms with Crippen molar-refractivity contribution in [1.82, 2.24) is 19.6 Å². The van der Waals surface area contributed by atoms with Crippen LogP contribution in [0.4, 0.5) is 0 Å². The van der Waals surface area contributed by atoms with Crippen LogP contribution in [0.5, 0.6) is 0 Å². The Morgan fingerprint density at radius 3 is 0.702 bits per heavy atom. The van der Waals surface area contributed by atoms with E-state index in [2.05, 4.69) is 75.0 Å². The highest BCUT2D eigenvalue weighted by Gasteiger charge is 2.22. The molecule has 0 amide bonds. The minimum Gasteiger partial charge on any atom is -0.466 e. The Balaban J connectivity index is 2.81. The summed E-state index contributed by atoms with van der Waals surface area (Å²) in [4.78, 5) is 111. The average molecular weight is 1340 g/mol. The summed E-state index contributed by atoms with van der Waals surface area (Å²) in [6, 6.07) is 0. The summed E-state index contributed by atoms with van der Waals surface area (Å²) in [6.45, 7) is 27.5. The van der Waals surface area contributed by atoms with Crippen molar-refractivity contribution in [3.05, 3.63) is 0 Å². The van der Waals surface area contributed by atoms with Crippen LogP contribution in [0.2, 0.25) is 0 Å². The molecule has 1 saturated heterocycles. The zero-order valence-electron chi connectivity index (χ0n) is 60.8. The molecule has 0 radical (unpaired) electrons. The number of esters is 8. The second-order valence-electron chi connectivity index (χ2n) is 26.3. The molecule has 0 saturated carbocycles. The van der Waals surface area contributed by atoms with E-state index in [9.17, 15) is 38.4 Å². The van der Waals surface area contributed by atoms with Gasteiger partial charge < -0.3 is 57.5 Å². The van der Waals surface area contributed by atoms with Gasteiger partial charge in [-0.25, -0.2) is 0 Å². The predicted octanol–water partition coefficient (Wildman–Crippen LogP) is 13.4. The molecule has 94 heavy (non-hydrogen) atoms. The van der Waals surface area contributed by atoms with E-state index in [1.165, 1.54) is 0 Å². The quantitative estimate of drug-likeness (QED) is 0.0313. The number of piperazine rings is 1. The molecule has 0 N–H and O–H groups in total. The lowest BCUT2D eigenvalue weighted by molar-refractivity contribution is -0.149. The first-order valence-electron chi connectivity index (χ1n) is 37.8. The van der Waals surface area contributed by atoms with Crippen LogP contribution in [0.25, 0.3) is 0 Å². The monoisotopic (exact) mass is 1340 g/mol. The number of carbonyl (C=O) groups is 8. The van der Waals surface area contributed by atoms with E-state index < -0.39 is 0 Å². The first-order valence-corrected chi connectivity index (χ1v) is 37.8. The number of carbonyl (C=O) groups excluding carboxylic acids is 8. The van der Waals surface area contributed by atoms with Crippen LogP contribution in [-0.2, 0) is 76.3 Å². The molecular formula is C74H136N4O16. The summed E-state index contributed by atoms with van der Waals surface area (Å²) in [6.07, 6.45) is 25.9. The topological polar surface area (TPSA) is 223 Å². The third-order valence-corrected chi connectivity index (χ3v) is 17.6. The predicted molar refractivity (Wildman–Crippen MR) is 370 cm³/mol. The van der Waals surface area contributed by atoms with Gasteiger partial charge in [0.15, 0.2) is 0 Å². The average Bonchev–Trinajstić information content (AvgIpc) is 2.17. The standard InChI is InChI=1S/C74H136N4O16/c1-9-17-31-63(27-13-5)59-91-67(79)35-21-55-87-71(83)39-47-75(48-40-72(84)88-56-22-36-68(80)92-60-64(28-14-6)32-18-10-2)43-25-45-77-51-53-78(54-52-77)46-26-44-76(49-41-73(85)89-57-23-37-69(81)93-61-65(29-15-7)33-19-11-3)50-42-74(86)90-58-24-38-70(82)94-62-66(30-16-8)34-20-12-4/h63-66H,9-62H2,1-8H3. The Kier molecular flexibility index (Phi) is 56.8. The van der Waals surface area contributed by atoms with E-state index in [4.69, 9.17) is 37.9 Å². The largest absolute Gasteiger partial charge is 0.466 e. The smallest absolute Gasteiger partial charge is 0.307 e. The van der Waals surface area contributed by atoms with E-state index in [1.54, 1.807) is 0 Å². The van der Waals surface area contributed by atoms with Crippen molar-refractivity contribution < 1.29 is 76.3 Å². The van der Waals surface area contributed by atoms with Gasteiger partial charge in [0, 0.05) is 78.0 Å². The molecule has 1 aliphatic rings.